The van der Waals surface area contributed by atoms with Crippen LogP contribution in [0.1, 0.15) is 5.69 Å². The van der Waals surface area contributed by atoms with Gasteiger partial charge in [0, 0.05) is 37.5 Å². The first-order valence-corrected chi connectivity index (χ1v) is 6.68. The van der Waals surface area contributed by atoms with E-state index in [1.807, 2.05) is 0 Å². The summed E-state index contributed by atoms with van der Waals surface area (Å²) in [6, 6.07) is 3.24. The Morgan fingerprint density at radius 1 is 1.30 bits per heavy atom. The molecular formula is C13H17N5O2. The number of nitrogen functional groups attached to an aromatic ring is 1. The number of nitrogens with one attached hydrogen (secondary N) is 1. The number of morpholine rings is 1. The van der Waals surface area contributed by atoms with Gasteiger partial charge >= 0.3 is 0 Å². The van der Waals surface area contributed by atoms with Crippen LogP contribution in [0, 0.1) is 0 Å². The second-order valence-corrected chi connectivity index (χ2v) is 4.82. The zero-order valence-corrected chi connectivity index (χ0v) is 11.1. The van der Waals surface area contributed by atoms with Crippen molar-refractivity contribution in [2.45, 2.75) is 6.42 Å². The minimum atomic E-state index is -0.185. The van der Waals surface area contributed by atoms with Crippen LogP contribution in [0.15, 0.2) is 16.9 Å². The number of nitrogens with zero attached hydrogens (tertiary/aromatic N) is 3. The Labute approximate surface area is 115 Å². The summed E-state index contributed by atoms with van der Waals surface area (Å²) < 4.78 is 5.33. The molecule has 0 saturated carbocycles. The Kier molecular flexibility index (Phi) is 3.62. The molecule has 2 aromatic rings. The minimum Gasteiger partial charge on any atom is -0.379 e. The fourth-order valence-electron chi connectivity index (χ4n) is 2.40. The van der Waals surface area contributed by atoms with Gasteiger partial charge in [-0.25, -0.2) is 4.98 Å². The highest BCUT2D eigenvalue weighted by atomic mass is 16.5. The van der Waals surface area contributed by atoms with Crippen LogP contribution < -0.4 is 11.3 Å². The largest absolute Gasteiger partial charge is 0.379 e. The molecule has 106 valence electrons. The summed E-state index contributed by atoms with van der Waals surface area (Å²) in [5, 5.41) is 0.854. The highest BCUT2D eigenvalue weighted by Gasteiger charge is 2.12. The summed E-state index contributed by atoms with van der Waals surface area (Å²) in [7, 11) is 0. The molecule has 1 aliphatic heterocycles. The van der Waals surface area contributed by atoms with E-state index in [-0.39, 0.29) is 11.5 Å². The average Bonchev–Trinajstić information content (AvgIpc) is 2.45. The maximum atomic E-state index is 11.3. The van der Waals surface area contributed by atoms with Crippen LogP contribution in [-0.2, 0) is 11.2 Å². The van der Waals surface area contributed by atoms with Crippen molar-refractivity contribution in [1.82, 2.24) is 19.9 Å². The van der Waals surface area contributed by atoms with Crippen LogP contribution in [0.5, 0.6) is 0 Å². The number of fused-ring (bicyclic) bond motifs is 1. The zero-order valence-electron chi connectivity index (χ0n) is 11.1. The molecule has 3 heterocycles. The van der Waals surface area contributed by atoms with Gasteiger partial charge in [-0.1, -0.05) is 0 Å². The molecule has 20 heavy (non-hydrogen) atoms. The van der Waals surface area contributed by atoms with Gasteiger partial charge in [-0.3, -0.25) is 9.69 Å². The molecule has 1 saturated heterocycles. The highest BCUT2D eigenvalue weighted by Crippen LogP contribution is 2.14. The molecule has 0 radical (unpaired) electrons. The molecule has 0 aliphatic carbocycles. The second kappa shape index (κ2) is 5.56. The zero-order chi connectivity index (χ0) is 13.9. The number of pyridine rings is 1. The summed E-state index contributed by atoms with van der Waals surface area (Å²) in [5.74, 6) is 0.191. The molecule has 7 nitrogen and oxygen atoms in total. The maximum absolute atomic E-state index is 11.3. The highest BCUT2D eigenvalue weighted by molar-refractivity contribution is 5.77. The number of H-pyrrole nitrogens is 1. The standard InChI is InChI=1S/C13H17N5O2/c14-13-15-10(3-4-18-5-7-20-8-6-18)9-1-2-11(19)16-12(9)17-13/h1-2H,3-8H2,(H3,14,15,16,17,19). The third kappa shape index (κ3) is 2.78. The number of ether oxygens (including phenoxy) is 1. The summed E-state index contributed by atoms with van der Waals surface area (Å²) in [6.45, 7) is 4.33. The number of anilines is 1. The normalized spacial score (nSPS) is 16.6. The first kappa shape index (κ1) is 13.0. The van der Waals surface area contributed by atoms with E-state index < -0.39 is 0 Å². The SMILES string of the molecule is Nc1nc(CCN2CCOCC2)c2ccc(=O)[nH]c2n1. The molecule has 0 unspecified atom stereocenters. The van der Waals surface area contributed by atoms with Crippen molar-refractivity contribution in [2.75, 3.05) is 38.6 Å². The molecule has 0 atom stereocenters. The maximum Gasteiger partial charge on any atom is 0.249 e. The molecule has 0 aromatic carbocycles. The van der Waals surface area contributed by atoms with Crippen molar-refractivity contribution >= 4 is 17.0 Å². The Bertz CT molecular complexity index is 663. The molecule has 3 rings (SSSR count). The molecule has 0 bridgehead atoms. The predicted octanol–water partition coefficient (Wildman–Crippen LogP) is -0.225. The first-order chi connectivity index (χ1) is 9.72. The smallest absolute Gasteiger partial charge is 0.249 e. The van der Waals surface area contributed by atoms with Crippen molar-refractivity contribution in [1.29, 1.82) is 0 Å². The molecule has 1 aliphatic rings. The Morgan fingerprint density at radius 3 is 2.90 bits per heavy atom. The second-order valence-electron chi connectivity index (χ2n) is 4.82. The van der Waals surface area contributed by atoms with Crippen molar-refractivity contribution in [3.05, 3.63) is 28.2 Å². The van der Waals surface area contributed by atoms with E-state index in [1.54, 1.807) is 6.07 Å². The molecule has 0 spiro atoms. The Balaban J connectivity index is 1.84. The topological polar surface area (TPSA) is 97.1 Å². The molecule has 3 N–H and O–H groups in total. The van der Waals surface area contributed by atoms with Gasteiger partial charge in [0.2, 0.25) is 11.5 Å². The number of aromatic amines is 1. The van der Waals surface area contributed by atoms with E-state index in [0.717, 1.165) is 50.3 Å². The van der Waals surface area contributed by atoms with Gasteiger partial charge in [0.25, 0.3) is 0 Å². The fourth-order valence-corrected chi connectivity index (χ4v) is 2.40. The van der Waals surface area contributed by atoms with E-state index in [9.17, 15) is 4.79 Å². The Hall–Kier alpha value is -1.99. The summed E-state index contributed by atoms with van der Waals surface area (Å²) >= 11 is 0. The van der Waals surface area contributed by atoms with Gasteiger partial charge in [-0.15, -0.1) is 0 Å². The van der Waals surface area contributed by atoms with E-state index in [2.05, 4.69) is 19.9 Å². The lowest BCUT2D eigenvalue weighted by molar-refractivity contribution is 0.0384. The third-order valence-corrected chi connectivity index (χ3v) is 3.45. The van der Waals surface area contributed by atoms with Crippen LogP contribution in [0.4, 0.5) is 5.95 Å². The van der Waals surface area contributed by atoms with Gasteiger partial charge in [0.05, 0.1) is 18.9 Å². The minimum absolute atomic E-state index is 0.185. The molecule has 1 fully saturated rings. The van der Waals surface area contributed by atoms with E-state index >= 15 is 0 Å². The number of aromatic nitrogens is 3. The lowest BCUT2D eigenvalue weighted by Crippen LogP contribution is -2.37. The summed E-state index contributed by atoms with van der Waals surface area (Å²) in [4.78, 5) is 24.7. The fraction of sp³-hybridized carbons (Fsp3) is 0.462. The van der Waals surface area contributed by atoms with Gasteiger partial charge in [0.1, 0.15) is 5.65 Å². The van der Waals surface area contributed by atoms with Gasteiger partial charge in [0.15, 0.2) is 0 Å². The van der Waals surface area contributed by atoms with Gasteiger partial charge < -0.3 is 15.5 Å². The van der Waals surface area contributed by atoms with Gasteiger partial charge in [-0.2, -0.15) is 4.98 Å². The van der Waals surface area contributed by atoms with Crippen LogP contribution in [0.2, 0.25) is 0 Å². The summed E-state index contributed by atoms with van der Waals surface area (Å²) in [6.07, 6.45) is 0.773. The number of rotatable bonds is 3. The lowest BCUT2D eigenvalue weighted by Gasteiger charge is -2.26. The van der Waals surface area contributed by atoms with E-state index in [4.69, 9.17) is 10.5 Å². The summed E-state index contributed by atoms with van der Waals surface area (Å²) in [5.41, 5.74) is 6.89. The molecule has 0 amide bonds. The molecular weight excluding hydrogens is 258 g/mol. The van der Waals surface area contributed by atoms with Crippen LogP contribution in [-0.4, -0.2) is 52.7 Å². The average molecular weight is 275 g/mol. The van der Waals surface area contributed by atoms with Crippen molar-refractivity contribution in [3.63, 3.8) is 0 Å². The van der Waals surface area contributed by atoms with Crippen molar-refractivity contribution in [3.8, 4) is 0 Å². The van der Waals surface area contributed by atoms with Crippen molar-refractivity contribution < 1.29 is 4.74 Å². The monoisotopic (exact) mass is 275 g/mol. The van der Waals surface area contributed by atoms with E-state index in [0.29, 0.717) is 5.65 Å². The first-order valence-electron chi connectivity index (χ1n) is 6.68. The number of nitrogens with two attached hydrogens (primary N) is 1. The molecule has 2 aromatic heterocycles. The Morgan fingerprint density at radius 2 is 2.10 bits per heavy atom. The number of hydrogen-bond donors (Lipinski definition) is 2. The van der Waals surface area contributed by atoms with E-state index in [1.165, 1.54) is 6.07 Å². The predicted molar refractivity (Wildman–Crippen MR) is 75.5 cm³/mol. The van der Waals surface area contributed by atoms with Crippen LogP contribution in [0.25, 0.3) is 11.0 Å². The quantitative estimate of drug-likeness (QED) is 0.803. The van der Waals surface area contributed by atoms with Crippen molar-refractivity contribution in [2.24, 2.45) is 0 Å². The lowest BCUT2D eigenvalue weighted by atomic mass is 10.2. The molecule has 7 heteroatoms. The van der Waals surface area contributed by atoms with Crippen LogP contribution >= 0.6 is 0 Å². The van der Waals surface area contributed by atoms with Gasteiger partial charge in [-0.05, 0) is 6.07 Å². The number of hydrogen-bond acceptors (Lipinski definition) is 6. The third-order valence-electron chi connectivity index (χ3n) is 3.45. The van der Waals surface area contributed by atoms with Crippen LogP contribution in [0.3, 0.4) is 0 Å².